The number of carboxylic acid groups (broad SMARTS) is 1. The zero-order valence-corrected chi connectivity index (χ0v) is 10.2. The molecule has 1 amide bonds. The quantitative estimate of drug-likeness (QED) is 0.541. The van der Waals surface area contributed by atoms with Crippen molar-refractivity contribution in [1.29, 1.82) is 0 Å². The molecule has 0 bridgehead atoms. The van der Waals surface area contributed by atoms with Crippen LogP contribution in [0.2, 0.25) is 0 Å². The second kappa shape index (κ2) is 5.82. The average molecular weight is 240 g/mol. The Bertz CT molecular complexity index is 307. The third-order valence-corrected chi connectivity index (χ3v) is 3.30. The number of carbonyl (C=O) groups is 2. The lowest BCUT2D eigenvalue weighted by molar-refractivity contribution is -0.152. The number of piperidine rings is 1. The third-order valence-electron chi connectivity index (χ3n) is 3.30. The van der Waals surface area contributed by atoms with Gasteiger partial charge in [0.2, 0.25) is 5.91 Å². The zero-order valence-electron chi connectivity index (χ0n) is 10.2. The molecule has 1 rings (SSSR count). The zero-order chi connectivity index (χ0) is 12.9. The molecule has 96 valence electrons. The van der Waals surface area contributed by atoms with E-state index < -0.39 is 11.4 Å². The van der Waals surface area contributed by atoms with Gasteiger partial charge in [-0.25, -0.2) is 0 Å². The minimum Gasteiger partial charge on any atom is -0.481 e. The van der Waals surface area contributed by atoms with Gasteiger partial charge in [-0.15, -0.1) is 6.58 Å². The second-order valence-electron chi connectivity index (χ2n) is 4.67. The Labute approximate surface area is 101 Å². The first-order valence-corrected chi connectivity index (χ1v) is 5.82. The van der Waals surface area contributed by atoms with E-state index in [9.17, 15) is 9.59 Å². The van der Waals surface area contributed by atoms with Crippen molar-refractivity contribution in [2.45, 2.75) is 19.8 Å². The van der Waals surface area contributed by atoms with Crippen LogP contribution in [0.25, 0.3) is 0 Å². The highest BCUT2D eigenvalue weighted by atomic mass is 16.4. The number of carbonyl (C=O) groups excluding carboxylic acids is 1. The van der Waals surface area contributed by atoms with Gasteiger partial charge in [-0.2, -0.15) is 0 Å². The number of likely N-dealkylation sites (tertiary alicyclic amines) is 1. The molecule has 0 aromatic rings. The summed E-state index contributed by atoms with van der Waals surface area (Å²) in [7, 11) is 0. The minimum atomic E-state index is -0.769. The summed E-state index contributed by atoms with van der Waals surface area (Å²) in [5, 5.41) is 12.0. The van der Waals surface area contributed by atoms with Gasteiger partial charge in [0.05, 0.1) is 12.0 Å². The standard InChI is InChI=1S/C12H20N2O3/c1-3-6-13-9-10(15)14-7-4-12(2,5-8-14)11(16)17/h3,13H,1,4-9H2,2H3,(H,16,17). The fraction of sp³-hybridized carbons (Fsp3) is 0.667. The fourth-order valence-corrected chi connectivity index (χ4v) is 1.86. The highest BCUT2D eigenvalue weighted by Crippen LogP contribution is 2.30. The van der Waals surface area contributed by atoms with Crippen molar-refractivity contribution in [2.75, 3.05) is 26.2 Å². The summed E-state index contributed by atoms with van der Waals surface area (Å²) in [6, 6.07) is 0. The van der Waals surface area contributed by atoms with Gasteiger partial charge in [-0.05, 0) is 19.8 Å². The highest BCUT2D eigenvalue weighted by Gasteiger charge is 2.37. The molecule has 0 radical (unpaired) electrons. The van der Waals surface area contributed by atoms with Crippen molar-refractivity contribution < 1.29 is 14.7 Å². The normalized spacial score (nSPS) is 18.8. The predicted molar refractivity (Wildman–Crippen MR) is 64.6 cm³/mol. The molecular formula is C12H20N2O3. The molecule has 2 N–H and O–H groups in total. The maximum absolute atomic E-state index is 11.7. The van der Waals surface area contributed by atoms with Gasteiger partial charge in [-0.3, -0.25) is 9.59 Å². The number of hydrogen-bond acceptors (Lipinski definition) is 3. The van der Waals surface area contributed by atoms with Crippen LogP contribution >= 0.6 is 0 Å². The van der Waals surface area contributed by atoms with E-state index in [4.69, 9.17) is 5.11 Å². The van der Waals surface area contributed by atoms with Crippen molar-refractivity contribution in [1.82, 2.24) is 10.2 Å². The lowest BCUT2D eigenvalue weighted by Crippen LogP contribution is -2.47. The Balaban J connectivity index is 2.38. The van der Waals surface area contributed by atoms with Gasteiger partial charge in [0.25, 0.3) is 0 Å². The van der Waals surface area contributed by atoms with Crippen molar-refractivity contribution in [3.63, 3.8) is 0 Å². The Morgan fingerprint density at radius 3 is 2.53 bits per heavy atom. The molecule has 0 saturated carbocycles. The van der Waals surface area contributed by atoms with E-state index in [-0.39, 0.29) is 12.5 Å². The fourth-order valence-electron chi connectivity index (χ4n) is 1.86. The Kier molecular flexibility index (Phi) is 4.69. The number of amides is 1. The maximum Gasteiger partial charge on any atom is 0.309 e. The summed E-state index contributed by atoms with van der Waals surface area (Å²) < 4.78 is 0. The first-order chi connectivity index (χ1) is 7.99. The van der Waals surface area contributed by atoms with Crippen LogP contribution < -0.4 is 5.32 Å². The number of carboxylic acids is 1. The summed E-state index contributed by atoms with van der Waals surface area (Å²) in [4.78, 5) is 24.5. The van der Waals surface area contributed by atoms with E-state index in [0.717, 1.165) is 0 Å². The summed E-state index contributed by atoms with van der Waals surface area (Å²) in [5.74, 6) is -0.742. The van der Waals surface area contributed by atoms with E-state index >= 15 is 0 Å². The van der Waals surface area contributed by atoms with Gasteiger partial charge in [0.15, 0.2) is 0 Å². The summed E-state index contributed by atoms with van der Waals surface area (Å²) in [6.07, 6.45) is 2.75. The van der Waals surface area contributed by atoms with E-state index in [2.05, 4.69) is 11.9 Å². The van der Waals surface area contributed by atoms with Crippen molar-refractivity contribution >= 4 is 11.9 Å². The van der Waals surface area contributed by atoms with Crippen LogP contribution in [0.3, 0.4) is 0 Å². The van der Waals surface area contributed by atoms with E-state index in [0.29, 0.717) is 32.5 Å². The van der Waals surface area contributed by atoms with Crippen LogP contribution in [-0.4, -0.2) is 48.1 Å². The lowest BCUT2D eigenvalue weighted by atomic mass is 9.80. The molecule has 1 heterocycles. The van der Waals surface area contributed by atoms with Crippen molar-refractivity contribution in [2.24, 2.45) is 5.41 Å². The number of nitrogens with one attached hydrogen (secondary N) is 1. The molecule has 1 aliphatic heterocycles. The maximum atomic E-state index is 11.7. The molecule has 5 nitrogen and oxygen atoms in total. The summed E-state index contributed by atoms with van der Waals surface area (Å²) in [6.45, 7) is 7.24. The molecular weight excluding hydrogens is 220 g/mol. The molecule has 1 saturated heterocycles. The molecule has 0 aliphatic carbocycles. The molecule has 5 heteroatoms. The monoisotopic (exact) mass is 240 g/mol. The molecule has 0 atom stereocenters. The number of aliphatic carboxylic acids is 1. The van der Waals surface area contributed by atoms with Crippen LogP contribution in [0.4, 0.5) is 0 Å². The van der Waals surface area contributed by atoms with Crippen LogP contribution in [0.5, 0.6) is 0 Å². The molecule has 1 fully saturated rings. The van der Waals surface area contributed by atoms with Gasteiger partial charge in [0.1, 0.15) is 0 Å². The van der Waals surface area contributed by atoms with Gasteiger partial charge < -0.3 is 15.3 Å². The molecule has 0 spiro atoms. The predicted octanol–water partition coefficient (Wildman–Crippen LogP) is 0.475. The highest BCUT2D eigenvalue weighted by molar-refractivity contribution is 5.79. The lowest BCUT2D eigenvalue weighted by Gasteiger charge is -2.36. The molecule has 0 aromatic heterocycles. The molecule has 0 aromatic carbocycles. The topological polar surface area (TPSA) is 69.6 Å². The summed E-state index contributed by atoms with van der Waals surface area (Å²) >= 11 is 0. The van der Waals surface area contributed by atoms with Crippen LogP contribution in [0.1, 0.15) is 19.8 Å². The Morgan fingerprint density at radius 1 is 1.47 bits per heavy atom. The Hall–Kier alpha value is -1.36. The van der Waals surface area contributed by atoms with Crippen LogP contribution in [0.15, 0.2) is 12.7 Å². The van der Waals surface area contributed by atoms with Crippen molar-refractivity contribution in [3.05, 3.63) is 12.7 Å². The largest absolute Gasteiger partial charge is 0.481 e. The molecule has 0 unspecified atom stereocenters. The first-order valence-electron chi connectivity index (χ1n) is 5.82. The van der Waals surface area contributed by atoms with Crippen LogP contribution in [0, 0.1) is 5.41 Å². The third kappa shape index (κ3) is 3.56. The second-order valence-corrected chi connectivity index (χ2v) is 4.67. The van der Waals surface area contributed by atoms with Gasteiger partial charge in [-0.1, -0.05) is 6.08 Å². The van der Waals surface area contributed by atoms with Gasteiger partial charge in [0, 0.05) is 19.6 Å². The Morgan fingerprint density at radius 2 is 2.06 bits per heavy atom. The number of nitrogens with zero attached hydrogens (tertiary/aromatic N) is 1. The molecule has 1 aliphatic rings. The number of rotatable bonds is 5. The number of hydrogen-bond donors (Lipinski definition) is 2. The SMILES string of the molecule is C=CCNCC(=O)N1CCC(C)(C(=O)O)CC1. The van der Waals surface area contributed by atoms with E-state index in [1.807, 2.05) is 0 Å². The summed E-state index contributed by atoms with van der Waals surface area (Å²) in [5.41, 5.74) is -0.675. The van der Waals surface area contributed by atoms with E-state index in [1.165, 1.54) is 0 Å². The van der Waals surface area contributed by atoms with Crippen molar-refractivity contribution in [3.8, 4) is 0 Å². The molecule has 17 heavy (non-hydrogen) atoms. The minimum absolute atomic E-state index is 0.0271. The smallest absolute Gasteiger partial charge is 0.309 e. The van der Waals surface area contributed by atoms with E-state index in [1.54, 1.807) is 17.9 Å². The van der Waals surface area contributed by atoms with Crippen LogP contribution in [-0.2, 0) is 9.59 Å². The average Bonchev–Trinajstić information content (AvgIpc) is 2.30. The van der Waals surface area contributed by atoms with Gasteiger partial charge >= 0.3 is 5.97 Å². The first kappa shape index (κ1) is 13.7.